The monoisotopic (exact) mass is 531 g/mol. The second kappa shape index (κ2) is 9.80. The Balaban J connectivity index is 1.54. The first kappa shape index (κ1) is 23.7. The number of carboxylic acid groups (broad SMARTS) is 1. The normalized spacial score (nSPS) is 13.2. The van der Waals surface area contributed by atoms with Crippen LogP contribution in [0.5, 0.6) is 5.75 Å². The Bertz CT molecular complexity index is 1200. The molecule has 176 valence electrons. The van der Waals surface area contributed by atoms with E-state index in [2.05, 4.69) is 26.0 Å². The van der Waals surface area contributed by atoms with Crippen LogP contribution >= 0.6 is 15.9 Å². The topological polar surface area (TPSA) is 84.9 Å². The maximum Gasteiger partial charge on any atom is 0.408 e. The van der Waals surface area contributed by atoms with Gasteiger partial charge >= 0.3 is 18.7 Å². The molecule has 0 spiro atoms. The SMILES string of the molecule is Cc1cc(Br)cc(C(NC(=O)OCC2c3ccccc3-c3ccccc32)C(=O)O)c1OC(F)F. The number of alkyl halides is 2. The van der Waals surface area contributed by atoms with Gasteiger partial charge in [-0.3, -0.25) is 0 Å². The lowest BCUT2D eigenvalue weighted by Gasteiger charge is -2.21. The summed E-state index contributed by atoms with van der Waals surface area (Å²) in [5.74, 6) is -1.98. The van der Waals surface area contributed by atoms with Gasteiger partial charge in [0.2, 0.25) is 0 Å². The predicted molar refractivity (Wildman–Crippen MR) is 124 cm³/mol. The van der Waals surface area contributed by atoms with Gasteiger partial charge in [0.15, 0.2) is 6.04 Å². The number of carbonyl (C=O) groups excluding carboxylic acids is 1. The summed E-state index contributed by atoms with van der Waals surface area (Å²) in [6.07, 6.45) is -0.991. The molecule has 1 aliphatic rings. The molecule has 0 saturated heterocycles. The quantitative estimate of drug-likeness (QED) is 0.389. The average Bonchev–Trinajstić information content (AvgIpc) is 3.11. The van der Waals surface area contributed by atoms with E-state index in [0.29, 0.717) is 4.47 Å². The molecule has 0 fully saturated rings. The first-order chi connectivity index (χ1) is 16.3. The number of nitrogens with one attached hydrogen (secondary N) is 1. The lowest BCUT2D eigenvalue weighted by Crippen LogP contribution is -2.35. The number of carbonyl (C=O) groups is 2. The number of alkyl carbamates (subject to hydrolysis) is 1. The summed E-state index contributed by atoms with van der Waals surface area (Å²) in [7, 11) is 0. The van der Waals surface area contributed by atoms with Crippen LogP contribution in [0.1, 0.15) is 34.2 Å². The number of halogens is 3. The van der Waals surface area contributed by atoms with Crippen molar-refractivity contribution in [3.05, 3.63) is 87.4 Å². The highest BCUT2D eigenvalue weighted by atomic mass is 79.9. The second-order valence-corrected chi connectivity index (χ2v) is 8.68. The van der Waals surface area contributed by atoms with E-state index in [1.165, 1.54) is 19.1 Å². The summed E-state index contributed by atoms with van der Waals surface area (Å²) in [6, 6.07) is 16.7. The van der Waals surface area contributed by atoms with Crippen LogP contribution in [0.15, 0.2) is 65.1 Å². The fourth-order valence-electron chi connectivity index (χ4n) is 4.25. The van der Waals surface area contributed by atoms with Crippen molar-refractivity contribution in [2.75, 3.05) is 6.61 Å². The summed E-state index contributed by atoms with van der Waals surface area (Å²) in [6.45, 7) is -1.69. The third-order valence-corrected chi connectivity index (χ3v) is 6.10. The van der Waals surface area contributed by atoms with E-state index in [0.717, 1.165) is 22.3 Å². The third kappa shape index (κ3) is 4.75. The minimum absolute atomic E-state index is 0.0237. The molecule has 1 aliphatic carbocycles. The largest absolute Gasteiger partial charge is 0.479 e. The van der Waals surface area contributed by atoms with Crippen LogP contribution in [0.3, 0.4) is 0 Å². The Morgan fingerprint density at radius 2 is 1.65 bits per heavy atom. The molecular formula is C25H20BrF2NO5. The molecule has 0 bridgehead atoms. The molecule has 1 amide bonds. The highest BCUT2D eigenvalue weighted by molar-refractivity contribution is 9.10. The number of hydrogen-bond donors (Lipinski definition) is 2. The van der Waals surface area contributed by atoms with Crippen molar-refractivity contribution in [1.29, 1.82) is 0 Å². The number of aliphatic carboxylic acids is 1. The first-order valence-electron chi connectivity index (χ1n) is 10.4. The Labute approximate surface area is 202 Å². The van der Waals surface area contributed by atoms with Crippen molar-refractivity contribution in [2.45, 2.75) is 25.5 Å². The van der Waals surface area contributed by atoms with Crippen LogP contribution in [0.2, 0.25) is 0 Å². The van der Waals surface area contributed by atoms with Crippen LogP contribution in [0.25, 0.3) is 11.1 Å². The van der Waals surface area contributed by atoms with Crippen molar-refractivity contribution in [3.63, 3.8) is 0 Å². The van der Waals surface area contributed by atoms with E-state index in [1.54, 1.807) is 0 Å². The number of fused-ring (bicyclic) bond motifs is 3. The molecule has 0 aromatic heterocycles. The number of amides is 1. The Morgan fingerprint density at radius 1 is 1.06 bits per heavy atom. The van der Waals surface area contributed by atoms with Gasteiger partial charge in [0.1, 0.15) is 12.4 Å². The molecule has 3 aromatic carbocycles. The lowest BCUT2D eigenvalue weighted by atomic mass is 9.98. The van der Waals surface area contributed by atoms with Crippen molar-refractivity contribution >= 4 is 28.0 Å². The molecule has 4 rings (SSSR count). The second-order valence-electron chi connectivity index (χ2n) is 7.76. The summed E-state index contributed by atoms with van der Waals surface area (Å²) in [5, 5.41) is 12.0. The van der Waals surface area contributed by atoms with E-state index in [1.807, 2.05) is 48.5 Å². The van der Waals surface area contributed by atoms with Gasteiger partial charge < -0.3 is 19.9 Å². The van der Waals surface area contributed by atoms with Gasteiger partial charge in [0.25, 0.3) is 0 Å². The minimum Gasteiger partial charge on any atom is -0.479 e. The molecule has 0 aliphatic heterocycles. The van der Waals surface area contributed by atoms with Gasteiger partial charge in [0.05, 0.1) is 0 Å². The van der Waals surface area contributed by atoms with Crippen molar-refractivity contribution in [1.82, 2.24) is 5.32 Å². The molecule has 6 nitrogen and oxygen atoms in total. The molecule has 2 N–H and O–H groups in total. The Hall–Kier alpha value is -3.46. The molecular weight excluding hydrogens is 512 g/mol. The van der Waals surface area contributed by atoms with Crippen LogP contribution in [0.4, 0.5) is 13.6 Å². The highest BCUT2D eigenvalue weighted by Crippen LogP contribution is 2.44. The number of carboxylic acids is 1. The zero-order valence-electron chi connectivity index (χ0n) is 17.9. The van der Waals surface area contributed by atoms with Gasteiger partial charge in [-0.15, -0.1) is 0 Å². The molecule has 1 atom stereocenters. The van der Waals surface area contributed by atoms with Crippen LogP contribution < -0.4 is 10.1 Å². The number of benzene rings is 3. The molecule has 34 heavy (non-hydrogen) atoms. The van der Waals surface area contributed by atoms with Gasteiger partial charge in [-0.25, -0.2) is 9.59 Å². The van der Waals surface area contributed by atoms with Crippen molar-refractivity contribution < 1.29 is 33.0 Å². The predicted octanol–water partition coefficient (Wildman–Crippen LogP) is 6.02. The zero-order chi connectivity index (χ0) is 24.4. The maximum atomic E-state index is 13.0. The number of rotatable bonds is 7. The smallest absolute Gasteiger partial charge is 0.408 e. The Kier molecular flexibility index (Phi) is 6.83. The molecule has 0 saturated carbocycles. The fraction of sp³-hybridized carbons (Fsp3) is 0.200. The summed E-state index contributed by atoms with van der Waals surface area (Å²) in [4.78, 5) is 24.6. The van der Waals surface area contributed by atoms with Gasteiger partial charge in [-0.1, -0.05) is 64.5 Å². The minimum atomic E-state index is -3.16. The third-order valence-electron chi connectivity index (χ3n) is 5.64. The van der Waals surface area contributed by atoms with Crippen molar-refractivity contribution in [2.24, 2.45) is 0 Å². The standard InChI is InChI=1S/C25H20BrF2NO5/c1-13-10-14(26)11-19(22(13)34-24(27)28)21(23(30)31)29-25(32)33-12-20-17-8-4-2-6-15(17)16-7-3-5-9-18(16)20/h2-11,20-21,24H,12H2,1H3,(H,29,32)(H,30,31). The van der Waals surface area contributed by atoms with Crippen LogP contribution in [-0.4, -0.2) is 30.4 Å². The summed E-state index contributed by atoms with van der Waals surface area (Å²) < 4.78 is 36.3. The molecule has 0 radical (unpaired) electrons. The van der Waals surface area contributed by atoms with Crippen LogP contribution in [-0.2, 0) is 9.53 Å². The number of aryl methyl sites for hydroxylation is 1. The van der Waals surface area contributed by atoms with E-state index >= 15 is 0 Å². The molecule has 1 unspecified atom stereocenters. The number of ether oxygens (including phenoxy) is 2. The highest BCUT2D eigenvalue weighted by Gasteiger charge is 2.31. The molecule has 0 heterocycles. The van der Waals surface area contributed by atoms with Crippen molar-refractivity contribution in [3.8, 4) is 16.9 Å². The van der Waals surface area contributed by atoms with E-state index in [9.17, 15) is 23.5 Å². The zero-order valence-corrected chi connectivity index (χ0v) is 19.5. The van der Waals surface area contributed by atoms with Gasteiger partial charge in [-0.05, 0) is 46.9 Å². The Morgan fingerprint density at radius 3 is 2.21 bits per heavy atom. The maximum absolute atomic E-state index is 13.0. The first-order valence-corrected chi connectivity index (χ1v) is 11.1. The number of hydrogen-bond acceptors (Lipinski definition) is 4. The average molecular weight is 532 g/mol. The molecule has 9 heteroatoms. The van der Waals surface area contributed by atoms with E-state index in [4.69, 9.17) is 4.74 Å². The lowest BCUT2D eigenvalue weighted by molar-refractivity contribution is -0.139. The van der Waals surface area contributed by atoms with Gasteiger partial charge in [0, 0.05) is 16.0 Å². The van der Waals surface area contributed by atoms with Crippen LogP contribution in [0, 0.1) is 6.92 Å². The fourth-order valence-corrected chi connectivity index (χ4v) is 4.84. The van der Waals surface area contributed by atoms with Gasteiger partial charge in [-0.2, -0.15) is 8.78 Å². The molecule has 3 aromatic rings. The van der Waals surface area contributed by atoms with E-state index in [-0.39, 0.29) is 29.4 Å². The summed E-state index contributed by atoms with van der Waals surface area (Å²) in [5.41, 5.74) is 4.25. The van der Waals surface area contributed by atoms with E-state index < -0.39 is 24.7 Å². The summed E-state index contributed by atoms with van der Waals surface area (Å²) >= 11 is 3.22.